The van der Waals surface area contributed by atoms with E-state index in [1.807, 2.05) is 24.5 Å². The van der Waals surface area contributed by atoms with Gasteiger partial charge in [0, 0.05) is 39.9 Å². The number of rotatable bonds is 5. The number of hydrogen-bond donors (Lipinski definition) is 0. The summed E-state index contributed by atoms with van der Waals surface area (Å²) in [4.78, 5) is 25.3. The van der Waals surface area contributed by atoms with E-state index < -0.39 is 0 Å². The highest BCUT2D eigenvalue weighted by atomic mass is 15.0. The Hall–Kier alpha value is -9.19. The molecule has 0 saturated carbocycles. The molecule has 5 nitrogen and oxygen atoms in total. The minimum atomic E-state index is 0.593. The Kier molecular flexibility index (Phi) is 8.52. The third-order valence-corrected chi connectivity index (χ3v) is 13.6. The van der Waals surface area contributed by atoms with Gasteiger partial charge in [-0.15, -0.1) is 0 Å². The van der Waals surface area contributed by atoms with Crippen LogP contribution in [0.1, 0.15) is 0 Å². The van der Waals surface area contributed by atoms with Crippen LogP contribution in [-0.2, 0) is 0 Å². The molecule has 0 fully saturated rings. The molecule has 3 aromatic heterocycles. The predicted molar refractivity (Wildman–Crippen MR) is 283 cm³/mol. The van der Waals surface area contributed by atoms with Gasteiger partial charge in [-0.05, 0) is 178 Å². The zero-order chi connectivity index (χ0) is 44.7. The van der Waals surface area contributed by atoms with Crippen LogP contribution in [-0.4, -0.2) is 24.9 Å². The van der Waals surface area contributed by atoms with E-state index in [1.54, 1.807) is 0 Å². The molecule has 0 atom stereocenters. The van der Waals surface area contributed by atoms with E-state index in [0.717, 1.165) is 82.3 Å². The number of hydrogen-bond acceptors (Lipinski definition) is 5. The first kappa shape index (κ1) is 38.1. The fraction of sp³-hybridized carbons (Fsp3) is 0. The third kappa shape index (κ3) is 6.51. The Morgan fingerprint density at radius 1 is 0.221 bits per heavy atom. The predicted octanol–water partition coefficient (Wildman–Crippen LogP) is 16.2. The second-order valence-corrected chi connectivity index (χ2v) is 17.8. The molecule has 0 aliphatic heterocycles. The van der Waals surface area contributed by atoms with E-state index >= 15 is 0 Å². The molecule has 11 aromatic carbocycles. The summed E-state index contributed by atoms with van der Waals surface area (Å²) in [6.07, 6.45) is 3.68. The van der Waals surface area contributed by atoms with Gasteiger partial charge in [-0.2, -0.15) is 0 Å². The Labute approximate surface area is 390 Å². The van der Waals surface area contributed by atoms with Crippen LogP contribution < -0.4 is 0 Å². The second-order valence-electron chi connectivity index (χ2n) is 17.8. The van der Waals surface area contributed by atoms with Crippen LogP contribution in [0.3, 0.4) is 0 Å². The van der Waals surface area contributed by atoms with Crippen LogP contribution in [0.5, 0.6) is 0 Å². The lowest BCUT2D eigenvalue weighted by molar-refractivity contribution is 1.08. The highest BCUT2D eigenvalue weighted by Crippen LogP contribution is 2.40. The molecule has 0 bridgehead atoms. The summed E-state index contributed by atoms with van der Waals surface area (Å²) in [5.74, 6) is 1.79. The molecule has 0 aliphatic rings. The molecule has 68 heavy (non-hydrogen) atoms. The van der Waals surface area contributed by atoms with Crippen molar-refractivity contribution in [1.82, 2.24) is 24.9 Å². The smallest absolute Gasteiger partial charge is 0.164 e. The van der Waals surface area contributed by atoms with Gasteiger partial charge in [0.1, 0.15) is 0 Å². The monoisotopic (exact) mass is 863 g/mol. The maximum absolute atomic E-state index is 5.41. The molecule has 314 valence electrons. The average molecular weight is 864 g/mol. The van der Waals surface area contributed by atoms with Crippen LogP contribution in [0.15, 0.2) is 225 Å². The molecule has 5 heteroatoms. The summed E-state index contributed by atoms with van der Waals surface area (Å²) in [6, 6.07) is 76.3. The normalized spacial score (nSPS) is 11.8. The van der Waals surface area contributed by atoms with Crippen LogP contribution in [0.25, 0.3) is 143 Å². The maximum Gasteiger partial charge on any atom is 0.164 e. The zero-order valence-electron chi connectivity index (χ0n) is 36.6. The van der Waals surface area contributed by atoms with Gasteiger partial charge in [0.05, 0.1) is 11.0 Å². The van der Waals surface area contributed by atoms with Crippen molar-refractivity contribution in [3.05, 3.63) is 225 Å². The van der Waals surface area contributed by atoms with Gasteiger partial charge in [-0.25, -0.2) is 15.0 Å². The summed E-state index contributed by atoms with van der Waals surface area (Å²) in [5, 5.41) is 16.2. The van der Waals surface area contributed by atoms with E-state index in [0.29, 0.717) is 17.5 Å². The Bertz CT molecular complexity index is 4130. The number of fused-ring (bicyclic) bond motifs is 8. The maximum atomic E-state index is 5.41. The third-order valence-electron chi connectivity index (χ3n) is 13.6. The first-order chi connectivity index (χ1) is 33.6. The van der Waals surface area contributed by atoms with Gasteiger partial charge < -0.3 is 0 Å². The second kappa shape index (κ2) is 15.2. The molecule has 0 radical (unpaired) electrons. The number of pyridine rings is 2. The van der Waals surface area contributed by atoms with Gasteiger partial charge in [0.2, 0.25) is 0 Å². The van der Waals surface area contributed by atoms with Crippen molar-refractivity contribution in [2.24, 2.45) is 0 Å². The van der Waals surface area contributed by atoms with Gasteiger partial charge >= 0.3 is 0 Å². The van der Waals surface area contributed by atoms with Crippen molar-refractivity contribution in [2.45, 2.75) is 0 Å². The minimum Gasteiger partial charge on any atom is -0.256 e. The van der Waals surface area contributed by atoms with Crippen molar-refractivity contribution in [2.75, 3.05) is 0 Å². The molecule has 0 N–H and O–H groups in total. The zero-order valence-corrected chi connectivity index (χ0v) is 36.6. The van der Waals surface area contributed by atoms with Crippen molar-refractivity contribution in [1.29, 1.82) is 0 Å². The Morgan fingerprint density at radius 3 is 1.09 bits per heavy atom. The fourth-order valence-corrected chi connectivity index (χ4v) is 10.2. The lowest BCUT2D eigenvalue weighted by Crippen LogP contribution is -2.01. The number of nitrogens with zero attached hydrogens (tertiary/aromatic N) is 5. The topological polar surface area (TPSA) is 64.5 Å². The first-order valence-corrected chi connectivity index (χ1v) is 22.9. The van der Waals surface area contributed by atoms with Crippen molar-refractivity contribution in [3.8, 4) is 56.4 Å². The summed E-state index contributed by atoms with van der Waals surface area (Å²) >= 11 is 0. The lowest BCUT2D eigenvalue weighted by Gasteiger charge is -2.15. The Balaban J connectivity index is 1.03. The van der Waals surface area contributed by atoms with E-state index in [9.17, 15) is 0 Å². The van der Waals surface area contributed by atoms with Crippen molar-refractivity contribution in [3.63, 3.8) is 0 Å². The quantitative estimate of drug-likeness (QED) is 0.161. The minimum absolute atomic E-state index is 0.593. The van der Waals surface area contributed by atoms with E-state index in [4.69, 9.17) is 15.0 Å². The molecule has 14 rings (SSSR count). The van der Waals surface area contributed by atoms with Gasteiger partial charge in [0.15, 0.2) is 17.5 Å². The van der Waals surface area contributed by atoms with Crippen LogP contribution >= 0.6 is 0 Å². The molecular formula is C63H37N5. The standard InChI is InChI=1S/C63H37N5/c1-3-11-40-34-57-44(25-38(40)9-1)13-5-17-55(57)52-31-53(56-18-6-14-45-26-39-10-2-4-12-41(39)35-58(45)56)33-54(32-52)63-67-61(48-21-19-42-36-59-46(15-7-23-64-59)27-50(42)29-48)66-62(68-63)49-22-20-43-37-60-47(16-8-24-65-60)28-51(43)30-49/h1-37H. The molecule has 0 saturated heterocycles. The van der Waals surface area contributed by atoms with Crippen LogP contribution in [0.2, 0.25) is 0 Å². The lowest BCUT2D eigenvalue weighted by atomic mass is 9.90. The Morgan fingerprint density at radius 2 is 0.603 bits per heavy atom. The number of aromatic nitrogens is 5. The summed E-state index contributed by atoms with van der Waals surface area (Å²) in [6.45, 7) is 0. The number of benzene rings is 11. The average Bonchev–Trinajstić information content (AvgIpc) is 3.39. The molecular weight excluding hydrogens is 827 g/mol. The highest BCUT2D eigenvalue weighted by molar-refractivity contribution is 6.08. The molecule has 3 heterocycles. The van der Waals surface area contributed by atoms with Crippen molar-refractivity contribution >= 4 is 86.4 Å². The largest absolute Gasteiger partial charge is 0.256 e. The van der Waals surface area contributed by atoms with E-state index in [1.165, 1.54) is 43.1 Å². The molecule has 0 aliphatic carbocycles. The van der Waals surface area contributed by atoms with Gasteiger partial charge in [-0.1, -0.05) is 121 Å². The summed E-state index contributed by atoms with van der Waals surface area (Å²) in [7, 11) is 0. The molecule has 0 amide bonds. The van der Waals surface area contributed by atoms with Crippen LogP contribution in [0.4, 0.5) is 0 Å². The summed E-state index contributed by atoms with van der Waals surface area (Å²) in [5.41, 5.74) is 9.08. The molecule has 14 aromatic rings. The van der Waals surface area contributed by atoms with Gasteiger partial charge in [-0.3, -0.25) is 9.97 Å². The van der Waals surface area contributed by atoms with E-state index in [2.05, 4.69) is 210 Å². The molecule has 0 unspecified atom stereocenters. The van der Waals surface area contributed by atoms with Crippen molar-refractivity contribution < 1.29 is 0 Å². The summed E-state index contributed by atoms with van der Waals surface area (Å²) < 4.78 is 0. The first-order valence-electron chi connectivity index (χ1n) is 22.9. The highest BCUT2D eigenvalue weighted by Gasteiger charge is 2.18. The molecule has 0 spiro atoms. The fourth-order valence-electron chi connectivity index (χ4n) is 10.2. The van der Waals surface area contributed by atoms with E-state index in [-0.39, 0.29) is 0 Å². The SMILES string of the molecule is c1ccc2cc3c(-c4cc(-c5nc(-c6ccc7cc8ncccc8cc7c6)nc(-c6ccc7cc8ncccc8cc7c6)n5)cc(-c5cccc6cc7ccccc7cc56)c4)cccc3cc2c1. The van der Waals surface area contributed by atoms with Gasteiger partial charge in [0.25, 0.3) is 0 Å². The van der Waals surface area contributed by atoms with Crippen LogP contribution in [0, 0.1) is 0 Å².